The number of likely N-dealkylation sites (tertiary alicyclic amines) is 1. The quantitative estimate of drug-likeness (QED) is 0.766. The van der Waals surface area contributed by atoms with Gasteiger partial charge in [-0.3, -0.25) is 14.4 Å². The Morgan fingerprint density at radius 3 is 2.91 bits per heavy atom. The molecule has 0 aliphatic carbocycles. The predicted molar refractivity (Wildman–Crippen MR) is 77.1 cm³/mol. The van der Waals surface area contributed by atoms with Crippen molar-refractivity contribution < 1.29 is 28.6 Å². The molecule has 7 nitrogen and oxygen atoms in total. The number of hydrogen-bond acceptors (Lipinski definition) is 5. The summed E-state index contributed by atoms with van der Waals surface area (Å²) < 4.78 is 17.7. The van der Waals surface area contributed by atoms with Gasteiger partial charge in [-0.2, -0.15) is 0 Å². The lowest BCUT2D eigenvalue weighted by atomic mass is 10.1. The van der Waals surface area contributed by atoms with Gasteiger partial charge in [-0.05, 0) is 24.6 Å². The number of carbonyl (C=O) groups excluding carboxylic acids is 3. The van der Waals surface area contributed by atoms with Crippen LogP contribution in [0.4, 0.5) is 4.39 Å². The molecule has 0 saturated carbocycles. The second-order valence-electron chi connectivity index (χ2n) is 5.13. The van der Waals surface area contributed by atoms with Gasteiger partial charge in [0.05, 0.1) is 19.1 Å². The van der Waals surface area contributed by atoms with E-state index in [0.29, 0.717) is 13.0 Å². The van der Waals surface area contributed by atoms with Crippen LogP contribution in [0, 0.1) is 5.82 Å². The Morgan fingerprint density at radius 1 is 1.48 bits per heavy atom. The number of ether oxygens (including phenoxy) is 1. The van der Waals surface area contributed by atoms with Gasteiger partial charge in [0.25, 0.3) is 5.91 Å². The Morgan fingerprint density at radius 2 is 2.22 bits per heavy atom. The van der Waals surface area contributed by atoms with Gasteiger partial charge in [0.1, 0.15) is 17.6 Å². The number of carbonyl (C=O) groups is 3. The summed E-state index contributed by atoms with van der Waals surface area (Å²) in [5.41, 5.74) is -0.231. The number of benzene rings is 1. The van der Waals surface area contributed by atoms with Crippen molar-refractivity contribution in [1.29, 1.82) is 0 Å². The number of phenols is 1. The maximum Gasteiger partial charge on any atom is 0.307 e. The molecule has 1 aromatic carbocycles. The van der Waals surface area contributed by atoms with Crippen LogP contribution in [0.1, 0.15) is 23.2 Å². The molecule has 23 heavy (non-hydrogen) atoms. The topological polar surface area (TPSA) is 95.9 Å². The van der Waals surface area contributed by atoms with E-state index in [1.807, 2.05) is 0 Å². The molecule has 1 fully saturated rings. The molecule has 1 aliphatic heterocycles. The van der Waals surface area contributed by atoms with Crippen LogP contribution in [0.3, 0.4) is 0 Å². The van der Waals surface area contributed by atoms with Crippen molar-refractivity contribution in [2.24, 2.45) is 0 Å². The minimum Gasteiger partial charge on any atom is -0.507 e. The highest BCUT2D eigenvalue weighted by Crippen LogP contribution is 2.19. The largest absolute Gasteiger partial charge is 0.507 e. The minimum atomic E-state index is -0.761. The van der Waals surface area contributed by atoms with E-state index in [1.54, 1.807) is 0 Å². The molecule has 1 aliphatic rings. The van der Waals surface area contributed by atoms with Crippen LogP contribution in [-0.4, -0.2) is 54.0 Å². The van der Waals surface area contributed by atoms with E-state index < -0.39 is 23.7 Å². The monoisotopic (exact) mass is 324 g/mol. The van der Waals surface area contributed by atoms with Crippen molar-refractivity contribution in [2.75, 3.05) is 20.2 Å². The zero-order chi connectivity index (χ0) is 17.0. The number of amides is 2. The second kappa shape index (κ2) is 7.08. The highest BCUT2D eigenvalue weighted by molar-refractivity contribution is 6.00. The van der Waals surface area contributed by atoms with E-state index >= 15 is 0 Å². The molecule has 2 rings (SSSR count). The summed E-state index contributed by atoms with van der Waals surface area (Å²) in [7, 11) is 1.27. The fourth-order valence-electron chi connectivity index (χ4n) is 2.35. The smallest absolute Gasteiger partial charge is 0.307 e. The molecule has 2 N–H and O–H groups in total. The lowest BCUT2D eigenvalue weighted by Gasteiger charge is -2.16. The molecule has 1 saturated heterocycles. The molecule has 124 valence electrons. The first kappa shape index (κ1) is 16.7. The summed E-state index contributed by atoms with van der Waals surface area (Å²) in [5.74, 6) is -2.49. The minimum absolute atomic E-state index is 0.0770. The Balaban J connectivity index is 1.96. The Kier molecular flexibility index (Phi) is 5.15. The van der Waals surface area contributed by atoms with Gasteiger partial charge in [0, 0.05) is 13.1 Å². The number of methoxy groups -OCH3 is 1. The summed E-state index contributed by atoms with van der Waals surface area (Å²) >= 11 is 0. The van der Waals surface area contributed by atoms with Gasteiger partial charge in [0.2, 0.25) is 5.91 Å². The third-order valence-electron chi connectivity index (χ3n) is 3.62. The third-order valence-corrected chi connectivity index (χ3v) is 3.62. The number of rotatable bonds is 5. The van der Waals surface area contributed by atoms with Crippen molar-refractivity contribution in [1.82, 2.24) is 10.2 Å². The van der Waals surface area contributed by atoms with Crippen molar-refractivity contribution in [3.05, 3.63) is 29.6 Å². The van der Waals surface area contributed by atoms with Gasteiger partial charge in [-0.1, -0.05) is 0 Å². The van der Waals surface area contributed by atoms with Gasteiger partial charge >= 0.3 is 5.97 Å². The highest BCUT2D eigenvalue weighted by Gasteiger charge is 2.33. The molecule has 1 unspecified atom stereocenters. The number of hydrogen-bond donors (Lipinski definition) is 2. The van der Waals surface area contributed by atoms with Gasteiger partial charge < -0.3 is 20.1 Å². The molecule has 0 bridgehead atoms. The summed E-state index contributed by atoms with van der Waals surface area (Å²) in [6, 6.07) is 2.24. The number of nitrogens with one attached hydrogen (secondary N) is 1. The number of aromatic hydroxyl groups is 1. The van der Waals surface area contributed by atoms with Crippen molar-refractivity contribution in [3.63, 3.8) is 0 Å². The summed E-state index contributed by atoms with van der Waals surface area (Å²) in [6.45, 7) is 0.610. The van der Waals surface area contributed by atoms with E-state index in [9.17, 15) is 23.9 Å². The van der Waals surface area contributed by atoms with Crippen LogP contribution in [0.25, 0.3) is 0 Å². The first-order valence-corrected chi connectivity index (χ1v) is 7.07. The van der Waals surface area contributed by atoms with Gasteiger partial charge in [-0.25, -0.2) is 4.39 Å². The van der Waals surface area contributed by atoms with Crippen LogP contribution in [-0.2, 0) is 14.3 Å². The van der Waals surface area contributed by atoms with Crippen LogP contribution in [0.15, 0.2) is 18.2 Å². The van der Waals surface area contributed by atoms with E-state index in [0.717, 1.165) is 18.2 Å². The Hall–Kier alpha value is -2.64. The average Bonchev–Trinajstić information content (AvgIpc) is 2.87. The molecule has 1 aromatic rings. The van der Waals surface area contributed by atoms with Crippen LogP contribution >= 0.6 is 0 Å². The van der Waals surface area contributed by atoms with Crippen molar-refractivity contribution in [3.8, 4) is 5.75 Å². The lowest BCUT2D eigenvalue weighted by Crippen LogP contribution is -2.42. The zero-order valence-electron chi connectivity index (χ0n) is 12.5. The predicted octanol–water partition coefficient (Wildman–Crippen LogP) is 0.425. The first-order chi connectivity index (χ1) is 10.9. The molecule has 0 spiro atoms. The zero-order valence-corrected chi connectivity index (χ0v) is 12.5. The standard InChI is InChI=1S/C15H17FN2O5/c1-23-13(20)5-7-18-6-4-11(15(18)22)17-14(21)10-8-9(16)2-3-12(10)19/h2-3,8,11,19H,4-7H2,1H3,(H,17,21). The molecule has 2 amide bonds. The summed E-state index contributed by atoms with van der Waals surface area (Å²) in [5, 5.41) is 12.1. The molecular formula is C15H17FN2O5. The number of esters is 1. The molecule has 1 atom stereocenters. The van der Waals surface area contributed by atoms with E-state index in [1.165, 1.54) is 12.0 Å². The van der Waals surface area contributed by atoms with Gasteiger partial charge in [-0.15, -0.1) is 0 Å². The van der Waals surface area contributed by atoms with E-state index in [-0.39, 0.29) is 30.2 Å². The Labute approximate surface area is 132 Å². The Bertz CT molecular complexity index is 634. The molecule has 0 radical (unpaired) electrons. The van der Waals surface area contributed by atoms with Crippen LogP contribution < -0.4 is 5.32 Å². The molecule has 0 aromatic heterocycles. The maximum absolute atomic E-state index is 13.2. The third kappa shape index (κ3) is 3.97. The van der Waals surface area contributed by atoms with E-state index in [4.69, 9.17) is 0 Å². The highest BCUT2D eigenvalue weighted by atomic mass is 19.1. The number of nitrogens with zero attached hydrogens (tertiary/aromatic N) is 1. The number of phenolic OH excluding ortho intramolecular Hbond substituents is 1. The fourth-order valence-corrected chi connectivity index (χ4v) is 2.35. The van der Waals surface area contributed by atoms with Crippen molar-refractivity contribution in [2.45, 2.75) is 18.9 Å². The summed E-state index contributed by atoms with van der Waals surface area (Å²) in [4.78, 5) is 36.8. The first-order valence-electron chi connectivity index (χ1n) is 7.07. The van der Waals surface area contributed by atoms with Crippen molar-refractivity contribution >= 4 is 17.8 Å². The maximum atomic E-state index is 13.2. The second-order valence-corrected chi connectivity index (χ2v) is 5.13. The summed E-state index contributed by atoms with van der Waals surface area (Å²) in [6.07, 6.45) is 0.454. The number of halogens is 1. The molecule has 1 heterocycles. The molecule has 8 heteroatoms. The van der Waals surface area contributed by atoms with Crippen LogP contribution in [0.5, 0.6) is 5.75 Å². The van der Waals surface area contributed by atoms with E-state index in [2.05, 4.69) is 10.1 Å². The SMILES string of the molecule is COC(=O)CCN1CCC(NC(=O)c2cc(F)ccc2O)C1=O. The average molecular weight is 324 g/mol. The normalized spacial score (nSPS) is 17.2. The fraction of sp³-hybridized carbons (Fsp3) is 0.400. The van der Waals surface area contributed by atoms with Gasteiger partial charge in [0.15, 0.2) is 0 Å². The molecular weight excluding hydrogens is 307 g/mol. The van der Waals surface area contributed by atoms with Crippen LogP contribution in [0.2, 0.25) is 0 Å². The lowest BCUT2D eigenvalue weighted by molar-refractivity contribution is -0.141.